The first-order valence-corrected chi connectivity index (χ1v) is 7.84. The molecule has 0 saturated carbocycles. The first-order chi connectivity index (χ1) is 11.2. The second-order valence-corrected chi connectivity index (χ2v) is 5.88. The van der Waals surface area contributed by atoms with Crippen molar-refractivity contribution in [2.24, 2.45) is 0 Å². The number of benzene rings is 1. The quantitative estimate of drug-likeness (QED) is 0.808. The molecule has 1 amide bonds. The fraction of sp³-hybridized carbons (Fsp3) is 0.278. The Morgan fingerprint density at radius 3 is 2.91 bits per heavy atom. The van der Waals surface area contributed by atoms with Gasteiger partial charge in [-0.3, -0.25) is 4.79 Å². The number of amides is 1. The van der Waals surface area contributed by atoms with E-state index in [2.05, 4.69) is 15.5 Å². The molecule has 0 unspecified atom stereocenters. The van der Waals surface area contributed by atoms with Gasteiger partial charge in [0.05, 0.1) is 16.6 Å². The van der Waals surface area contributed by atoms with Crippen molar-refractivity contribution in [3.8, 4) is 0 Å². The maximum absolute atomic E-state index is 12.8. The Morgan fingerprint density at radius 2 is 2.09 bits per heavy atom. The van der Waals surface area contributed by atoms with Crippen molar-refractivity contribution >= 4 is 17.0 Å². The molecular weight excluding hydrogens is 290 g/mol. The van der Waals surface area contributed by atoms with Crippen LogP contribution in [0.15, 0.2) is 34.9 Å². The number of rotatable bonds is 3. The van der Waals surface area contributed by atoms with Crippen LogP contribution in [-0.2, 0) is 19.4 Å². The summed E-state index contributed by atoms with van der Waals surface area (Å²) in [5, 5.41) is 7.74. The molecular formula is C18H17N3O2. The minimum atomic E-state index is -0.0781. The first-order valence-electron chi connectivity index (χ1n) is 7.84. The standard InChI is InChI=1S/C18H17N3O2/c1-11-15-16(17(22)19-10-12-6-3-2-4-7-12)13-8-5-9-14(13)20-18(15)23-21-11/h2-4,6-7H,5,8-10H2,1H3,(H,19,22). The van der Waals surface area contributed by atoms with E-state index in [1.54, 1.807) is 0 Å². The Bertz CT molecular complexity index is 884. The molecule has 3 aromatic rings. The van der Waals surface area contributed by atoms with Crippen LogP contribution in [0.2, 0.25) is 0 Å². The largest absolute Gasteiger partial charge is 0.348 e. The number of hydrogen-bond donors (Lipinski definition) is 1. The van der Waals surface area contributed by atoms with E-state index in [-0.39, 0.29) is 5.91 Å². The molecule has 116 valence electrons. The highest BCUT2D eigenvalue weighted by molar-refractivity contribution is 6.07. The minimum Gasteiger partial charge on any atom is -0.348 e. The summed E-state index contributed by atoms with van der Waals surface area (Å²) in [5.41, 5.74) is 4.97. The minimum absolute atomic E-state index is 0.0781. The van der Waals surface area contributed by atoms with E-state index in [0.29, 0.717) is 23.5 Å². The molecule has 4 rings (SSSR count). The molecule has 0 bridgehead atoms. The Hall–Kier alpha value is -2.69. The van der Waals surface area contributed by atoms with E-state index in [0.717, 1.165) is 41.5 Å². The van der Waals surface area contributed by atoms with Crippen molar-refractivity contribution in [1.82, 2.24) is 15.5 Å². The summed E-state index contributed by atoms with van der Waals surface area (Å²) in [5.74, 6) is -0.0781. The number of nitrogens with zero attached hydrogens (tertiary/aromatic N) is 2. The highest BCUT2D eigenvalue weighted by atomic mass is 16.5. The molecule has 1 aliphatic rings. The lowest BCUT2D eigenvalue weighted by atomic mass is 10.0. The highest BCUT2D eigenvalue weighted by Gasteiger charge is 2.26. The second-order valence-electron chi connectivity index (χ2n) is 5.88. The van der Waals surface area contributed by atoms with Gasteiger partial charge in [0, 0.05) is 12.2 Å². The molecule has 2 aromatic heterocycles. The summed E-state index contributed by atoms with van der Waals surface area (Å²) >= 11 is 0. The average Bonchev–Trinajstić information content (AvgIpc) is 3.18. The summed E-state index contributed by atoms with van der Waals surface area (Å²) in [6.45, 7) is 2.35. The van der Waals surface area contributed by atoms with E-state index in [4.69, 9.17) is 4.52 Å². The Labute approximate surface area is 133 Å². The number of aromatic nitrogens is 2. The van der Waals surface area contributed by atoms with Crippen LogP contribution < -0.4 is 5.32 Å². The SMILES string of the molecule is Cc1noc2nc3c(c(C(=O)NCc4ccccc4)c12)CCC3. The van der Waals surface area contributed by atoms with Gasteiger partial charge in [0.2, 0.25) is 0 Å². The number of hydrogen-bond acceptors (Lipinski definition) is 4. The normalized spacial score (nSPS) is 13.3. The molecule has 0 atom stereocenters. The Kier molecular flexibility index (Phi) is 3.33. The maximum atomic E-state index is 12.8. The van der Waals surface area contributed by atoms with Crippen molar-refractivity contribution in [2.75, 3.05) is 0 Å². The number of carbonyl (C=O) groups excluding carboxylic acids is 1. The molecule has 2 heterocycles. The van der Waals surface area contributed by atoms with E-state index in [1.807, 2.05) is 37.3 Å². The van der Waals surface area contributed by atoms with Crippen molar-refractivity contribution in [2.45, 2.75) is 32.7 Å². The summed E-state index contributed by atoms with van der Waals surface area (Å²) in [4.78, 5) is 17.4. The van der Waals surface area contributed by atoms with E-state index in [9.17, 15) is 4.79 Å². The van der Waals surface area contributed by atoms with Crippen molar-refractivity contribution in [3.63, 3.8) is 0 Å². The molecule has 0 spiro atoms. The van der Waals surface area contributed by atoms with Gasteiger partial charge in [0.1, 0.15) is 0 Å². The Morgan fingerprint density at radius 1 is 1.26 bits per heavy atom. The van der Waals surface area contributed by atoms with Gasteiger partial charge >= 0.3 is 0 Å². The molecule has 0 radical (unpaired) electrons. The fourth-order valence-electron chi connectivity index (χ4n) is 3.23. The average molecular weight is 307 g/mol. The van der Waals surface area contributed by atoms with Crippen LogP contribution in [0.3, 0.4) is 0 Å². The Balaban J connectivity index is 1.72. The lowest BCUT2D eigenvalue weighted by Gasteiger charge is -2.10. The molecule has 1 N–H and O–H groups in total. The van der Waals surface area contributed by atoms with Gasteiger partial charge in [-0.25, -0.2) is 4.98 Å². The second kappa shape index (κ2) is 5.50. The van der Waals surface area contributed by atoms with Crippen LogP contribution >= 0.6 is 0 Å². The van der Waals surface area contributed by atoms with Gasteiger partial charge in [0.25, 0.3) is 11.6 Å². The van der Waals surface area contributed by atoms with E-state index >= 15 is 0 Å². The smallest absolute Gasteiger partial charge is 0.259 e. The monoisotopic (exact) mass is 307 g/mol. The van der Waals surface area contributed by atoms with Gasteiger partial charge in [-0.15, -0.1) is 0 Å². The number of nitrogens with one attached hydrogen (secondary N) is 1. The van der Waals surface area contributed by atoms with Gasteiger partial charge in [-0.1, -0.05) is 35.5 Å². The lowest BCUT2D eigenvalue weighted by molar-refractivity contribution is 0.0951. The number of carbonyl (C=O) groups is 1. The molecule has 0 saturated heterocycles. The van der Waals surface area contributed by atoms with Crippen LogP contribution in [-0.4, -0.2) is 16.0 Å². The molecule has 23 heavy (non-hydrogen) atoms. The van der Waals surface area contributed by atoms with Crippen LogP contribution in [0.25, 0.3) is 11.1 Å². The molecule has 1 aliphatic carbocycles. The maximum Gasteiger partial charge on any atom is 0.259 e. The summed E-state index contributed by atoms with van der Waals surface area (Å²) in [6, 6.07) is 9.89. The number of fused-ring (bicyclic) bond motifs is 2. The summed E-state index contributed by atoms with van der Waals surface area (Å²) in [6.07, 6.45) is 2.81. The van der Waals surface area contributed by atoms with Gasteiger partial charge < -0.3 is 9.84 Å². The van der Waals surface area contributed by atoms with Crippen LogP contribution in [0.5, 0.6) is 0 Å². The topological polar surface area (TPSA) is 68.0 Å². The van der Waals surface area contributed by atoms with Crippen LogP contribution in [0, 0.1) is 6.92 Å². The molecule has 1 aromatic carbocycles. The zero-order valence-corrected chi connectivity index (χ0v) is 12.9. The summed E-state index contributed by atoms with van der Waals surface area (Å²) in [7, 11) is 0. The fourth-order valence-corrected chi connectivity index (χ4v) is 3.23. The predicted octanol–water partition coefficient (Wildman–Crippen LogP) is 2.95. The third-order valence-electron chi connectivity index (χ3n) is 4.34. The van der Waals surface area contributed by atoms with Crippen LogP contribution in [0.1, 0.15) is 39.3 Å². The third-order valence-corrected chi connectivity index (χ3v) is 4.34. The number of pyridine rings is 1. The third kappa shape index (κ3) is 2.38. The van der Waals surface area contributed by atoms with Crippen molar-refractivity contribution < 1.29 is 9.32 Å². The van der Waals surface area contributed by atoms with Crippen molar-refractivity contribution in [3.05, 3.63) is 58.4 Å². The van der Waals surface area contributed by atoms with Gasteiger partial charge in [-0.05, 0) is 37.3 Å². The lowest BCUT2D eigenvalue weighted by Crippen LogP contribution is -2.24. The molecule has 5 nitrogen and oxygen atoms in total. The van der Waals surface area contributed by atoms with Crippen molar-refractivity contribution in [1.29, 1.82) is 0 Å². The predicted molar refractivity (Wildman–Crippen MR) is 86.2 cm³/mol. The van der Waals surface area contributed by atoms with Gasteiger partial charge in [-0.2, -0.15) is 0 Å². The van der Waals surface area contributed by atoms with E-state index in [1.165, 1.54) is 0 Å². The van der Waals surface area contributed by atoms with Crippen LogP contribution in [0.4, 0.5) is 0 Å². The number of aryl methyl sites for hydroxylation is 2. The molecule has 5 heteroatoms. The van der Waals surface area contributed by atoms with E-state index < -0.39 is 0 Å². The zero-order valence-electron chi connectivity index (χ0n) is 12.9. The molecule has 0 fully saturated rings. The molecule has 0 aliphatic heterocycles. The van der Waals surface area contributed by atoms with Gasteiger partial charge in [0.15, 0.2) is 0 Å². The zero-order chi connectivity index (χ0) is 15.8. The first kappa shape index (κ1) is 13.9. The summed E-state index contributed by atoms with van der Waals surface area (Å²) < 4.78 is 5.29. The highest BCUT2D eigenvalue weighted by Crippen LogP contribution is 2.31.